The van der Waals surface area contributed by atoms with Gasteiger partial charge in [0.2, 0.25) is 0 Å². The Labute approximate surface area is 187 Å². The smallest absolute Gasteiger partial charge is 0.455 e. The highest BCUT2D eigenvalue weighted by molar-refractivity contribution is 6.07. The van der Waals surface area contributed by atoms with Gasteiger partial charge in [-0.1, -0.05) is 18.2 Å². The van der Waals surface area contributed by atoms with Gasteiger partial charge in [-0.05, 0) is 31.9 Å². The lowest BCUT2D eigenvalue weighted by molar-refractivity contribution is -0.344. The minimum atomic E-state index is -6.66. The van der Waals surface area contributed by atoms with Gasteiger partial charge in [-0.3, -0.25) is 20.4 Å². The molecule has 7 nitrogen and oxygen atoms in total. The fraction of sp³-hybridized carbons (Fsp3) is 0.350. The molecule has 14 heteroatoms. The molecule has 1 aliphatic carbocycles. The van der Waals surface area contributed by atoms with Crippen molar-refractivity contribution in [3.63, 3.8) is 0 Å². The normalized spacial score (nSPS) is 15.6. The van der Waals surface area contributed by atoms with Gasteiger partial charge in [0.1, 0.15) is 5.76 Å². The first-order chi connectivity index (χ1) is 15.8. The van der Waals surface area contributed by atoms with Crippen molar-refractivity contribution in [2.24, 2.45) is 5.10 Å². The largest absolute Gasteiger partial charge is 0.460 e. The number of alkyl halides is 7. The summed E-state index contributed by atoms with van der Waals surface area (Å²) in [5, 5.41) is 3.34. The zero-order valence-electron chi connectivity index (χ0n) is 17.3. The SMILES string of the molecule is Cc1c(C(=O)NNc2ccccc2)oc2c1/C(=N/NC(=O)C(F)(F)C(F)(F)C(F)(F)F)CCC2. The molecular formula is C20H17F7N4O3. The summed E-state index contributed by atoms with van der Waals surface area (Å²) in [5.41, 5.74) is 6.97. The van der Waals surface area contributed by atoms with Crippen molar-refractivity contribution in [3.05, 3.63) is 53.0 Å². The molecule has 2 amide bonds. The van der Waals surface area contributed by atoms with Crippen LogP contribution in [0.3, 0.4) is 0 Å². The summed E-state index contributed by atoms with van der Waals surface area (Å²) in [6, 6.07) is 8.54. The van der Waals surface area contributed by atoms with Gasteiger partial charge in [0.25, 0.3) is 0 Å². The first-order valence-corrected chi connectivity index (χ1v) is 9.70. The zero-order chi connectivity index (χ0) is 25.3. The molecule has 1 heterocycles. The van der Waals surface area contributed by atoms with E-state index in [2.05, 4.69) is 16.0 Å². The van der Waals surface area contributed by atoms with Crippen LogP contribution in [-0.4, -0.2) is 35.5 Å². The van der Waals surface area contributed by atoms with Crippen LogP contribution in [-0.2, 0) is 11.2 Å². The summed E-state index contributed by atoms with van der Waals surface area (Å²) < 4.78 is 95.6. The Bertz CT molecular complexity index is 1110. The van der Waals surface area contributed by atoms with Crippen LogP contribution in [0.2, 0.25) is 0 Å². The predicted octanol–water partition coefficient (Wildman–Crippen LogP) is 4.33. The molecule has 1 aromatic carbocycles. The van der Waals surface area contributed by atoms with Crippen LogP contribution >= 0.6 is 0 Å². The Hall–Kier alpha value is -3.58. The number of aryl methyl sites for hydroxylation is 1. The van der Waals surface area contributed by atoms with E-state index in [1.54, 1.807) is 30.3 Å². The van der Waals surface area contributed by atoms with E-state index < -0.39 is 29.8 Å². The topological polar surface area (TPSA) is 95.7 Å². The molecule has 1 aliphatic rings. The molecule has 0 atom stereocenters. The molecule has 0 saturated carbocycles. The Morgan fingerprint density at radius 1 is 1.00 bits per heavy atom. The van der Waals surface area contributed by atoms with Crippen LogP contribution in [0.4, 0.5) is 36.4 Å². The molecule has 1 aromatic heterocycles. The molecular weight excluding hydrogens is 477 g/mol. The second kappa shape index (κ2) is 8.99. The van der Waals surface area contributed by atoms with Crippen molar-refractivity contribution in [1.82, 2.24) is 10.9 Å². The highest BCUT2D eigenvalue weighted by Gasteiger charge is 2.76. The summed E-state index contributed by atoms with van der Waals surface area (Å²) in [5.74, 6) is -16.3. The summed E-state index contributed by atoms with van der Waals surface area (Å²) in [6.07, 6.45) is -5.97. The number of halogens is 7. The molecule has 0 unspecified atom stereocenters. The standard InChI is InChI=1S/C20H17F7N4O3/c1-10-14-12(29-31-17(33)18(21,22)19(23,24)20(25,26)27)8-5-9-13(14)34-15(10)16(32)30-28-11-6-3-2-4-7-11/h2-4,6-7,28H,5,8-9H2,1H3,(H,30,32)(H,31,33)/b29-12+. The van der Waals surface area contributed by atoms with Gasteiger partial charge in [-0.2, -0.15) is 35.8 Å². The quantitative estimate of drug-likeness (QED) is 0.412. The Balaban J connectivity index is 1.80. The highest BCUT2D eigenvalue weighted by Crippen LogP contribution is 2.46. The molecule has 34 heavy (non-hydrogen) atoms. The number of rotatable bonds is 6. The second-order valence-corrected chi connectivity index (χ2v) is 7.30. The number of carbonyl (C=O) groups excluding carboxylic acids is 2. The van der Waals surface area contributed by atoms with Crippen LogP contribution in [0.15, 0.2) is 39.9 Å². The minimum Gasteiger partial charge on any atom is -0.455 e. The number of hydrazone groups is 1. The number of hydrogen-bond donors (Lipinski definition) is 3. The molecule has 0 saturated heterocycles. The first-order valence-electron chi connectivity index (χ1n) is 9.70. The Morgan fingerprint density at radius 3 is 2.26 bits per heavy atom. The number of benzene rings is 1. The number of nitrogens with zero attached hydrogens (tertiary/aromatic N) is 1. The lowest BCUT2D eigenvalue weighted by atomic mass is 9.93. The number of anilines is 1. The van der Waals surface area contributed by atoms with Gasteiger partial charge in [-0.25, -0.2) is 5.43 Å². The fourth-order valence-corrected chi connectivity index (χ4v) is 3.21. The van der Waals surface area contributed by atoms with Gasteiger partial charge in [-0.15, -0.1) is 0 Å². The summed E-state index contributed by atoms with van der Waals surface area (Å²) in [6.45, 7) is 1.44. The Morgan fingerprint density at radius 2 is 1.65 bits per heavy atom. The number of fused-ring (bicyclic) bond motifs is 1. The van der Waals surface area contributed by atoms with E-state index in [0.717, 1.165) is 5.43 Å². The molecule has 0 aliphatic heterocycles. The van der Waals surface area contributed by atoms with E-state index in [0.29, 0.717) is 18.5 Å². The maximum atomic E-state index is 13.5. The third kappa shape index (κ3) is 4.56. The van der Waals surface area contributed by atoms with Gasteiger partial charge >= 0.3 is 29.8 Å². The summed E-state index contributed by atoms with van der Waals surface area (Å²) >= 11 is 0. The van der Waals surface area contributed by atoms with Crippen LogP contribution in [0.25, 0.3) is 0 Å². The number of hydrogen-bond acceptors (Lipinski definition) is 5. The van der Waals surface area contributed by atoms with E-state index in [9.17, 15) is 40.3 Å². The Kier molecular flexibility index (Phi) is 6.62. The third-order valence-corrected chi connectivity index (χ3v) is 4.95. The molecule has 2 aromatic rings. The lowest BCUT2D eigenvalue weighted by Crippen LogP contribution is -2.58. The third-order valence-electron chi connectivity index (χ3n) is 4.95. The molecule has 184 valence electrons. The predicted molar refractivity (Wildman–Crippen MR) is 105 cm³/mol. The molecule has 0 radical (unpaired) electrons. The van der Waals surface area contributed by atoms with Crippen molar-refractivity contribution in [2.45, 2.75) is 44.2 Å². The van der Waals surface area contributed by atoms with E-state index >= 15 is 0 Å². The maximum Gasteiger partial charge on any atom is 0.460 e. The monoisotopic (exact) mass is 494 g/mol. The molecule has 0 fully saturated rings. The fourth-order valence-electron chi connectivity index (χ4n) is 3.21. The van der Waals surface area contributed by atoms with E-state index in [4.69, 9.17) is 4.42 Å². The number of amides is 2. The highest BCUT2D eigenvalue weighted by atomic mass is 19.4. The average molecular weight is 494 g/mol. The van der Waals surface area contributed by atoms with Crippen molar-refractivity contribution >= 4 is 23.2 Å². The van der Waals surface area contributed by atoms with Crippen LogP contribution < -0.4 is 16.3 Å². The van der Waals surface area contributed by atoms with Crippen molar-refractivity contribution in [1.29, 1.82) is 0 Å². The zero-order valence-corrected chi connectivity index (χ0v) is 17.3. The lowest BCUT2D eigenvalue weighted by Gasteiger charge is -2.26. The number of hydrazine groups is 1. The number of carbonyl (C=O) groups is 2. The van der Waals surface area contributed by atoms with Crippen molar-refractivity contribution in [3.8, 4) is 0 Å². The maximum absolute atomic E-state index is 13.5. The summed E-state index contributed by atoms with van der Waals surface area (Å²) in [7, 11) is 0. The summed E-state index contributed by atoms with van der Waals surface area (Å²) in [4.78, 5) is 24.0. The number of furan rings is 1. The average Bonchev–Trinajstić information content (AvgIpc) is 3.12. The second-order valence-electron chi connectivity index (χ2n) is 7.30. The number of nitrogens with one attached hydrogen (secondary N) is 3. The van der Waals surface area contributed by atoms with Crippen molar-refractivity contribution < 1.29 is 44.7 Å². The van der Waals surface area contributed by atoms with E-state index in [1.807, 2.05) is 0 Å². The molecule has 3 rings (SSSR count). The minimum absolute atomic E-state index is 0.0538. The van der Waals surface area contributed by atoms with Crippen LogP contribution in [0.1, 0.15) is 40.3 Å². The van der Waals surface area contributed by atoms with Crippen LogP contribution in [0.5, 0.6) is 0 Å². The van der Waals surface area contributed by atoms with E-state index in [-0.39, 0.29) is 34.8 Å². The van der Waals surface area contributed by atoms with Gasteiger partial charge in [0, 0.05) is 17.5 Å². The van der Waals surface area contributed by atoms with Gasteiger partial charge in [0.15, 0.2) is 5.76 Å². The molecule has 0 spiro atoms. The van der Waals surface area contributed by atoms with Crippen molar-refractivity contribution in [2.75, 3.05) is 5.43 Å². The van der Waals surface area contributed by atoms with Crippen LogP contribution in [0, 0.1) is 6.92 Å². The first kappa shape index (κ1) is 25.1. The molecule has 3 N–H and O–H groups in total. The number of para-hydroxylation sites is 1. The van der Waals surface area contributed by atoms with Gasteiger partial charge in [0.05, 0.1) is 11.4 Å². The van der Waals surface area contributed by atoms with E-state index in [1.165, 1.54) is 6.92 Å². The molecule has 0 bridgehead atoms. The van der Waals surface area contributed by atoms with Gasteiger partial charge < -0.3 is 4.42 Å².